The van der Waals surface area contributed by atoms with Crippen molar-refractivity contribution in [1.29, 1.82) is 0 Å². The fourth-order valence-corrected chi connectivity index (χ4v) is 3.20. The van der Waals surface area contributed by atoms with Crippen LogP contribution < -0.4 is 4.72 Å². The molecular formula is C11H11N3O4S2. The number of ether oxygens (including phenoxy) is 1. The van der Waals surface area contributed by atoms with Gasteiger partial charge in [-0.3, -0.25) is 4.72 Å². The molecule has 1 aromatic carbocycles. The number of rotatable bonds is 5. The topological polar surface area (TPSA) is 98.2 Å². The van der Waals surface area contributed by atoms with Crippen LogP contribution in [0.4, 0.5) is 5.13 Å². The number of hydrogen-bond donors (Lipinski definition) is 1. The molecule has 0 radical (unpaired) electrons. The maximum Gasteiger partial charge on any atom is 0.369 e. The van der Waals surface area contributed by atoms with Gasteiger partial charge in [0.1, 0.15) is 0 Å². The molecule has 1 heterocycles. The molecule has 9 heteroatoms. The molecular weight excluding hydrogens is 302 g/mol. The van der Waals surface area contributed by atoms with Crippen molar-refractivity contribution >= 4 is 32.5 Å². The molecule has 7 nitrogen and oxygen atoms in total. The summed E-state index contributed by atoms with van der Waals surface area (Å²) in [4.78, 5) is 11.5. The van der Waals surface area contributed by atoms with Gasteiger partial charge in [-0.15, -0.1) is 10.2 Å². The second-order valence-corrected chi connectivity index (χ2v) is 6.21. The molecule has 0 aliphatic heterocycles. The normalized spacial score (nSPS) is 11.1. The summed E-state index contributed by atoms with van der Waals surface area (Å²) in [7, 11) is -3.73. The van der Waals surface area contributed by atoms with Crippen molar-refractivity contribution < 1.29 is 17.9 Å². The van der Waals surface area contributed by atoms with Crippen molar-refractivity contribution in [2.75, 3.05) is 11.3 Å². The molecule has 20 heavy (non-hydrogen) atoms. The third-order valence-corrected chi connectivity index (χ3v) is 4.45. The van der Waals surface area contributed by atoms with E-state index in [2.05, 4.69) is 14.9 Å². The Morgan fingerprint density at radius 2 is 2.00 bits per heavy atom. The van der Waals surface area contributed by atoms with Crippen LogP contribution in [0.25, 0.3) is 0 Å². The van der Waals surface area contributed by atoms with Crippen molar-refractivity contribution in [3.8, 4) is 0 Å². The molecule has 0 aliphatic carbocycles. The number of aromatic nitrogens is 2. The number of carbonyl (C=O) groups excluding carboxylic acids is 1. The summed E-state index contributed by atoms with van der Waals surface area (Å²) in [5.41, 5.74) is 0. The van der Waals surface area contributed by atoms with E-state index in [9.17, 15) is 13.2 Å². The van der Waals surface area contributed by atoms with Crippen LogP contribution in [0.2, 0.25) is 0 Å². The van der Waals surface area contributed by atoms with Gasteiger partial charge < -0.3 is 4.74 Å². The van der Waals surface area contributed by atoms with Gasteiger partial charge in [0.2, 0.25) is 10.1 Å². The first-order valence-electron chi connectivity index (χ1n) is 5.61. The van der Waals surface area contributed by atoms with Gasteiger partial charge in [0.15, 0.2) is 0 Å². The predicted octanol–water partition coefficient (Wildman–Crippen LogP) is 1.52. The summed E-state index contributed by atoms with van der Waals surface area (Å²) in [6.07, 6.45) is 0. The molecule has 0 saturated carbocycles. The van der Waals surface area contributed by atoms with E-state index in [1.165, 1.54) is 12.1 Å². The minimum absolute atomic E-state index is 0.00221. The average molecular weight is 313 g/mol. The number of hydrogen-bond acceptors (Lipinski definition) is 7. The predicted molar refractivity (Wildman–Crippen MR) is 73.1 cm³/mol. The third-order valence-electron chi connectivity index (χ3n) is 2.15. The average Bonchev–Trinajstić information content (AvgIpc) is 2.88. The van der Waals surface area contributed by atoms with Crippen LogP contribution in [-0.2, 0) is 14.8 Å². The highest BCUT2D eigenvalue weighted by Crippen LogP contribution is 2.20. The third kappa shape index (κ3) is 3.31. The van der Waals surface area contributed by atoms with Gasteiger partial charge in [-0.25, -0.2) is 13.2 Å². The summed E-state index contributed by atoms with van der Waals surface area (Å²) < 4.78 is 31.0. The first kappa shape index (κ1) is 14.4. The van der Waals surface area contributed by atoms with E-state index in [1.807, 2.05) is 0 Å². The summed E-state index contributed by atoms with van der Waals surface area (Å²) in [5.74, 6) is -0.629. The highest BCUT2D eigenvalue weighted by Gasteiger charge is 2.19. The standard InChI is InChI=1S/C11H11N3O4S2/c1-2-18-10(15)9-12-13-11(19-9)14-20(16,17)8-6-4-3-5-7-8/h3-7H,2H2,1H3,(H,13,14). The Morgan fingerprint density at radius 1 is 1.30 bits per heavy atom. The Kier molecular flexibility index (Phi) is 4.30. The van der Waals surface area contributed by atoms with Crippen LogP contribution >= 0.6 is 11.3 Å². The van der Waals surface area contributed by atoms with Gasteiger partial charge in [0, 0.05) is 0 Å². The number of sulfonamides is 1. The van der Waals surface area contributed by atoms with Crippen molar-refractivity contribution in [1.82, 2.24) is 10.2 Å². The highest BCUT2D eigenvalue weighted by atomic mass is 32.2. The van der Waals surface area contributed by atoms with Gasteiger partial charge in [-0.2, -0.15) is 0 Å². The summed E-state index contributed by atoms with van der Waals surface area (Å²) >= 11 is 0.815. The van der Waals surface area contributed by atoms with Gasteiger partial charge in [-0.05, 0) is 19.1 Å². The Balaban J connectivity index is 2.17. The Bertz CT molecular complexity index is 697. The van der Waals surface area contributed by atoms with Crippen LogP contribution in [0.15, 0.2) is 35.2 Å². The van der Waals surface area contributed by atoms with E-state index in [-0.39, 0.29) is 21.6 Å². The van der Waals surface area contributed by atoms with Crippen molar-refractivity contribution in [2.45, 2.75) is 11.8 Å². The van der Waals surface area contributed by atoms with Crippen LogP contribution in [0.1, 0.15) is 16.7 Å². The lowest BCUT2D eigenvalue weighted by molar-refractivity contribution is 0.0525. The molecule has 2 rings (SSSR count). The van der Waals surface area contributed by atoms with Gasteiger partial charge in [-0.1, -0.05) is 29.5 Å². The molecule has 0 spiro atoms. The molecule has 0 saturated heterocycles. The minimum atomic E-state index is -3.73. The summed E-state index contributed by atoms with van der Waals surface area (Å²) in [6, 6.07) is 7.84. The van der Waals surface area contributed by atoms with E-state index in [1.54, 1.807) is 25.1 Å². The molecule has 0 bridgehead atoms. The number of benzene rings is 1. The maximum atomic E-state index is 12.0. The number of carbonyl (C=O) groups is 1. The fourth-order valence-electron chi connectivity index (χ4n) is 1.31. The number of anilines is 1. The Morgan fingerprint density at radius 3 is 2.65 bits per heavy atom. The molecule has 0 aliphatic rings. The second kappa shape index (κ2) is 5.97. The van der Waals surface area contributed by atoms with Gasteiger partial charge in [0.05, 0.1) is 11.5 Å². The van der Waals surface area contributed by atoms with Crippen molar-refractivity contribution in [3.05, 3.63) is 35.3 Å². The SMILES string of the molecule is CCOC(=O)c1nnc(NS(=O)(=O)c2ccccc2)s1. The smallest absolute Gasteiger partial charge is 0.369 e. The Hall–Kier alpha value is -2.00. The number of nitrogens with one attached hydrogen (secondary N) is 1. The van der Waals surface area contributed by atoms with Gasteiger partial charge >= 0.3 is 5.97 Å². The maximum absolute atomic E-state index is 12.0. The van der Waals surface area contributed by atoms with Crippen LogP contribution in [0, 0.1) is 0 Å². The molecule has 2 aromatic rings. The lowest BCUT2D eigenvalue weighted by Crippen LogP contribution is -2.12. The molecule has 1 N–H and O–H groups in total. The first-order chi connectivity index (χ1) is 9.53. The zero-order chi connectivity index (χ0) is 14.6. The molecule has 0 amide bonds. The van der Waals surface area contributed by atoms with E-state index >= 15 is 0 Å². The van der Waals surface area contributed by atoms with Gasteiger partial charge in [0.25, 0.3) is 10.0 Å². The summed E-state index contributed by atoms with van der Waals surface area (Å²) in [5, 5.41) is 7.20. The van der Waals surface area contributed by atoms with Crippen molar-refractivity contribution in [2.24, 2.45) is 0 Å². The fraction of sp³-hybridized carbons (Fsp3) is 0.182. The summed E-state index contributed by atoms with van der Waals surface area (Å²) in [6.45, 7) is 1.88. The van der Waals surface area contributed by atoms with Crippen LogP contribution in [-0.4, -0.2) is 31.2 Å². The monoisotopic (exact) mass is 313 g/mol. The largest absolute Gasteiger partial charge is 0.461 e. The zero-order valence-corrected chi connectivity index (χ0v) is 12.1. The van der Waals surface area contributed by atoms with E-state index < -0.39 is 16.0 Å². The highest BCUT2D eigenvalue weighted by molar-refractivity contribution is 7.93. The Labute approximate surface area is 119 Å². The van der Waals surface area contributed by atoms with E-state index in [0.29, 0.717) is 0 Å². The van der Waals surface area contributed by atoms with Crippen LogP contribution in [0.3, 0.4) is 0 Å². The van der Waals surface area contributed by atoms with Crippen molar-refractivity contribution in [3.63, 3.8) is 0 Å². The lowest BCUT2D eigenvalue weighted by Gasteiger charge is -2.03. The van der Waals surface area contributed by atoms with Crippen LogP contribution in [0.5, 0.6) is 0 Å². The lowest BCUT2D eigenvalue weighted by atomic mass is 10.4. The molecule has 106 valence electrons. The molecule has 0 unspecified atom stereocenters. The van der Waals surface area contributed by atoms with E-state index in [4.69, 9.17) is 4.74 Å². The van der Waals surface area contributed by atoms with E-state index in [0.717, 1.165) is 11.3 Å². The number of nitrogens with zero attached hydrogens (tertiary/aromatic N) is 2. The number of esters is 1. The minimum Gasteiger partial charge on any atom is -0.461 e. The quantitative estimate of drug-likeness (QED) is 0.840. The molecule has 0 atom stereocenters. The second-order valence-electron chi connectivity index (χ2n) is 3.55. The molecule has 0 fully saturated rings. The molecule has 1 aromatic heterocycles. The first-order valence-corrected chi connectivity index (χ1v) is 7.91. The zero-order valence-electron chi connectivity index (χ0n) is 10.4.